The van der Waals surface area contributed by atoms with Crippen molar-refractivity contribution in [3.63, 3.8) is 0 Å². The molecule has 2 aliphatic heterocycles. The van der Waals surface area contributed by atoms with Crippen LogP contribution in [0.4, 0.5) is 11.4 Å². The first-order valence-electron chi connectivity index (χ1n) is 10.2. The Morgan fingerprint density at radius 1 is 0.857 bits per heavy atom. The summed E-state index contributed by atoms with van der Waals surface area (Å²) in [4.78, 5) is 2.50. The van der Waals surface area contributed by atoms with Crippen LogP contribution >= 0.6 is 0 Å². The van der Waals surface area contributed by atoms with Gasteiger partial charge in [0, 0.05) is 41.1 Å². The zero-order valence-electron chi connectivity index (χ0n) is 17.9. The lowest BCUT2D eigenvalue weighted by Crippen LogP contribution is -3.00. The van der Waals surface area contributed by atoms with Gasteiger partial charge in [-0.15, -0.1) is 0 Å². The fourth-order valence-electron chi connectivity index (χ4n) is 5.01. The van der Waals surface area contributed by atoms with Gasteiger partial charge in [0.05, 0.1) is 5.41 Å². The van der Waals surface area contributed by atoms with Crippen molar-refractivity contribution in [1.29, 1.82) is 0 Å². The lowest BCUT2D eigenvalue weighted by atomic mass is 9.78. The van der Waals surface area contributed by atoms with E-state index in [0.717, 1.165) is 13.1 Å². The maximum Gasteiger partial charge on any atom is 0.209 e. The van der Waals surface area contributed by atoms with Gasteiger partial charge in [0.25, 0.3) is 0 Å². The van der Waals surface area contributed by atoms with Crippen LogP contribution in [0.25, 0.3) is 0 Å². The minimum atomic E-state index is 0. The molecular formula is C25H31IN2. The molecule has 0 saturated heterocycles. The van der Waals surface area contributed by atoms with Gasteiger partial charge < -0.3 is 28.9 Å². The summed E-state index contributed by atoms with van der Waals surface area (Å²) < 4.78 is 2.50. The molecule has 0 unspecified atom stereocenters. The highest BCUT2D eigenvalue weighted by Gasteiger charge is 2.46. The Morgan fingerprint density at radius 2 is 1.46 bits per heavy atom. The maximum absolute atomic E-state index is 2.50. The van der Waals surface area contributed by atoms with E-state index in [4.69, 9.17) is 0 Å². The lowest BCUT2D eigenvalue weighted by Gasteiger charge is -2.27. The van der Waals surface area contributed by atoms with Crippen molar-refractivity contribution >= 4 is 17.1 Å². The Bertz CT molecular complexity index is 966. The number of allylic oxidation sites excluding steroid dienone is 2. The SMILES string of the molecule is CCN1/C(=C\C2=[N+](CC)c3ccccc3C2(C)C)C(C)(C)c2ccccc21.[I-]. The maximum atomic E-state index is 2.50. The van der Waals surface area contributed by atoms with Gasteiger partial charge in [-0.1, -0.05) is 50.2 Å². The second kappa shape index (κ2) is 7.33. The molecule has 0 fully saturated rings. The Labute approximate surface area is 187 Å². The third kappa shape index (κ3) is 2.85. The minimum Gasteiger partial charge on any atom is -1.00 e. The van der Waals surface area contributed by atoms with Crippen molar-refractivity contribution in [3.05, 3.63) is 71.4 Å². The molecule has 2 heterocycles. The van der Waals surface area contributed by atoms with Crippen molar-refractivity contribution in [1.82, 2.24) is 0 Å². The molecule has 4 rings (SSSR count). The largest absolute Gasteiger partial charge is 1.00 e. The predicted octanol–water partition coefficient (Wildman–Crippen LogP) is 2.79. The normalized spacial score (nSPS) is 20.2. The molecule has 0 amide bonds. The topological polar surface area (TPSA) is 6.25 Å². The van der Waals surface area contributed by atoms with Crippen LogP contribution in [0.5, 0.6) is 0 Å². The summed E-state index contributed by atoms with van der Waals surface area (Å²) in [5.74, 6) is 0. The van der Waals surface area contributed by atoms with Crippen LogP contribution in [-0.4, -0.2) is 23.4 Å². The lowest BCUT2D eigenvalue weighted by molar-refractivity contribution is -0.433. The number of anilines is 1. The number of hydrogen-bond donors (Lipinski definition) is 0. The average Bonchev–Trinajstić information content (AvgIpc) is 3.01. The van der Waals surface area contributed by atoms with E-state index in [0.29, 0.717) is 0 Å². The second-order valence-electron chi connectivity index (χ2n) is 8.69. The first-order chi connectivity index (χ1) is 12.8. The van der Waals surface area contributed by atoms with Crippen LogP contribution in [0.3, 0.4) is 0 Å². The van der Waals surface area contributed by atoms with Gasteiger partial charge in [-0.3, -0.25) is 0 Å². The first-order valence-corrected chi connectivity index (χ1v) is 10.2. The molecule has 2 aliphatic rings. The van der Waals surface area contributed by atoms with Crippen LogP contribution in [0.15, 0.2) is 60.3 Å². The first kappa shape index (κ1) is 21.1. The van der Waals surface area contributed by atoms with E-state index in [2.05, 4.69) is 106 Å². The highest BCUT2D eigenvalue weighted by molar-refractivity contribution is 6.04. The third-order valence-electron chi connectivity index (χ3n) is 6.50. The number of fused-ring (bicyclic) bond motifs is 2. The predicted molar refractivity (Wildman–Crippen MR) is 116 cm³/mol. The molecule has 2 aromatic rings. The second-order valence-corrected chi connectivity index (χ2v) is 8.69. The van der Waals surface area contributed by atoms with Crippen LogP contribution < -0.4 is 28.9 Å². The molecule has 28 heavy (non-hydrogen) atoms. The van der Waals surface area contributed by atoms with Gasteiger partial charge in [-0.25, -0.2) is 0 Å². The number of benzene rings is 2. The summed E-state index contributed by atoms with van der Waals surface area (Å²) in [6.07, 6.45) is 2.48. The van der Waals surface area contributed by atoms with Gasteiger partial charge in [0.1, 0.15) is 6.54 Å². The van der Waals surface area contributed by atoms with E-state index in [1.807, 2.05) is 0 Å². The Balaban J connectivity index is 0.00000225. The van der Waals surface area contributed by atoms with Crippen LogP contribution in [-0.2, 0) is 10.8 Å². The standard InChI is InChI=1S/C25H31N2.HI/c1-7-26-20-15-11-9-13-18(20)24(3,4)22(26)17-23-25(5,6)19-14-10-12-16-21(19)27(23)8-2;/h9-17H,7-8H2,1-6H3;1H/q+1;/p-1. The quantitative estimate of drug-likeness (QED) is 0.478. The molecule has 0 radical (unpaired) electrons. The molecule has 0 aromatic heterocycles. The summed E-state index contributed by atoms with van der Waals surface area (Å²) in [5.41, 5.74) is 8.38. The summed E-state index contributed by atoms with van der Waals surface area (Å²) in [6.45, 7) is 15.9. The van der Waals surface area contributed by atoms with Crippen molar-refractivity contribution in [2.75, 3.05) is 18.0 Å². The Kier molecular flexibility index (Phi) is 5.52. The molecule has 148 valence electrons. The van der Waals surface area contributed by atoms with Crippen molar-refractivity contribution < 1.29 is 28.6 Å². The molecule has 3 heteroatoms. The van der Waals surface area contributed by atoms with Gasteiger partial charge >= 0.3 is 0 Å². The minimum absolute atomic E-state index is 0. The zero-order valence-corrected chi connectivity index (χ0v) is 20.0. The average molecular weight is 486 g/mol. The molecule has 2 nitrogen and oxygen atoms in total. The van der Waals surface area contributed by atoms with Crippen LogP contribution in [0, 0.1) is 0 Å². The number of nitrogens with zero attached hydrogens (tertiary/aromatic N) is 2. The van der Waals surface area contributed by atoms with Gasteiger partial charge in [-0.05, 0) is 39.3 Å². The van der Waals surface area contributed by atoms with Gasteiger partial charge in [0.2, 0.25) is 5.69 Å². The molecule has 0 aliphatic carbocycles. The molecular weight excluding hydrogens is 455 g/mol. The summed E-state index contributed by atoms with van der Waals surface area (Å²) in [5, 5.41) is 0. The molecule has 0 N–H and O–H groups in total. The van der Waals surface area contributed by atoms with E-state index >= 15 is 0 Å². The van der Waals surface area contributed by atoms with Gasteiger partial charge in [-0.2, -0.15) is 4.58 Å². The van der Waals surface area contributed by atoms with E-state index in [-0.39, 0.29) is 34.8 Å². The van der Waals surface area contributed by atoms with Crippen LogP contribution in [0.1, 0.15) is 52.7 Å². The van der Waals surface area contributed by atoms with E-state index < -0.39 is 0 Å². The van der Waals surface area contributed by atoms with E-state index in [1.165, 1.54) is 33.9 Å². The number of likely N-dealkylation sites (N-methyl/N-ethyl adjacent to an activating group) is 1. The summed E-state index contributed by atoms with van der Waals surface area (Å²) in [6, 6.07) is 17.7. The fraction of sp³-hybridized carbons (Fsp3) is 0.400. The molecule has 0 bridgehead atoms. The number of para-hydroxylation sites is 2. The number of halogens is 1. The molecule has 0 saturated carbocycles. The number of rotatable bonds is 3. The highest BCUT2D eigenvalue weighted by Crippen LogP contribution is 2.48. The molecule has 0 atom stereocenters. The summed E-state index contributed by atoms with van der Waals surface area (Å²) in [7, 11) is 0. The van der Waals surface area contributed by atoms with Gasteiger partial charge in [0.15, 0.2) is 5.71 Å². The Morgan fingerprint density at radius 3 is 2.11 bits per heavy atom. The number of hydrogen-bond acceptors (Lipinski definition) is 1. The van der Waals surface area contributed by atoms with Crippen molar-refractivity contribution in [3.8, 4) is 0 Å². The molecule has 0 spiro atoms. The van der Waals surface area contributed by atoms with Crippen molar-refractivity contribution in [2.24, 2.45) is 0 Å². The molecule has 2 aromatic carbocycles. The third-order valence-corrected chi connectivity index (χ3v) is 6.50. The Hall–Kier alpha value is -1.62. The van der Waals surface area contributed by atoms with Crippen molar-refractivity contribution in [2.45, 2.75) is 52.4 Å². The summed E-state index contributed by atoms with van der Waals surface area (Å²) >= 11 is 0. The van der Waals surface area contributed by atoms with Crippen LogP contribution in [0.2, 0.25) is 0 Å². The zero-order chi connectivity index (χ0) is 19.4. The van der Waals surface area contributed by atoms with E-state index in [1.54, 1.807) is 0 Å². The highest BCUT2D eigenvalue weighted by atomic mass is 127. The fourth-order valence-corrected chi connectivity index (χ4v) is 5.01. The smallest absolute Gasteiger partial charge is 0.209 e. The van der Waals surface area contributed by atoms with E-state index in [9.17, 15) is 0 Å². The monoisotopic (exact) mass is 486 g/mol.